The molecule has 0 aliphatic carbocycles. The standard InChI is InChI=1S/C44H34N4O4/c45-47-43(49)51-35-25-21-33(22-26-35)41-37(29-13-5-1-6-14-29)38(30-15-7-2-8-16-30)42(34-23-27-36(28-24-34)52-44(50)48-46)40(32-19-11-4-12-20-32)39(41)31-17-9-3-10-18-31/h1-28H,45-46H2,(H,47,49)(H,48,50). The van der Waals surface area contributed by atoms with E-state index in [1.807, 2.05) is 108 Å². The number of nitrogens with two attached hydrogens (primary N) is 2. The topological polar surface area (TPSA) is 129 Å². The molecular formula is C44H34N4O4. The molecule has 52 heavy (non-hydrogen) atoms. The number of carbonyl (C=O) groups excluding carboxylic acids is 2. The number of ether oxygens (including phenoxy) is 2. The molecule has 2 amide bonds. The van der Waals surface area contributed by atoms with Gasteiger partial charge < -0.3 is 9.47 Å². The molecule has 6 N–H and O–H groups in total. The lowest BCUT2D eigenvalue weighted by Gasteiger charge is -2.29. The maximum absolute atomic E-state index is 12.0. The van der Waals surface area contributed by atoms with Crippen LogP contribution in [-0.4, -0.2) is 12.2 Å². The second-order valence-electron chi connectivity index (χ2n) is 11.8. The van der Waals surface area contributed by atoms with E-state index in [4.69, 9.17) is 21.2 Å². The first-order valence-electron chi connectivity index (χ1n) is 16.6. The second kappa shape index (κ2) is 15.3. The van der Waals surface area contributed by atoms with Crippen molar-refractivity contribution in [1.82, 2.24) is 10.9 Å². The van der Waals surface area contributed by atoms with Crippen LogP contribution in [-0.2, 0) is 0 Å². The number of hydrogen-bond donors (Lipinski definition) is 4. The average molecular weight is 683 g/mol. The molecule has 7 aromatic carbocycles. The van der Waals surface area contributed by atoms with Crippen LogP contribution in [0.4, 0.5) is 9.59 Å². The first kappa shape index (κ1) is 33.5. The minimum Gasteiger partial charge on any atom is -0.409 e. The fraction of sp³-hybridized carbons (Fsp3) is 0. The fourth-order valence-electron chi connectivity index (χ4n) is 6.55. The van der Waals surface area contributed by atoms with Gasteiger partial charge in [0, 0.05) is 0 Å². The smallest absolute Gasteiger partial charge is 0.409 e. The minimum absolute atomic E-state index is 0.350. The summed E-state index contributed by atoms with van der Waals surface area (Å²) in [6, 6.07) is 56.2. The molecule has 0 saturated carbocycles. The van der Waals surface area contributed by atoms with Gasteiger partial charge in [0.2, 0.25) is 0 Å². The first-order chi connectivity index (χ1) is 25.6. The molecule has 0 atom stereocenters. The van der Waals surface area contributed by atoms with Crippen molar-refractivity contribution in [2.45, 2.75) is 0 Å². The van der Waals surface area contributed by atoms with Crippen LogP contribution >= 0.6 is 0 Å². The van der Waals surface area contributed by atoms with Gasteiger partial charge in [-0.15, -0.1) is 0 Å². The third-order valence-electron chi connectivity index (χ3n) is 8.69. The molecule has 0 bridgehead atoms. The van der Waals surface area contributed by atoms with Crippen molar-refractivity contribution in [2.75, 3.05) is 0 Å². The molecule has 8 heteroatoms. The third kappa shape index (κ3) is 6.88. The SMILES string of the molecule is NNC(=O)Oc1ccc(-c2c(-c3ccccc3)c(-c3ccccc3)c(-c3ccc(OC(=O)NN)cc3)c(-c3ccccc3)c2-c2ccccc2)cc1. The van der Waals surface area contributed by atoms with Crippen LogP contribution in [0.25, 0.3) is 66.8 Å². The van der Waals surface area contributed by atoms with Crippen LogP contribution < -0.4 is 32.0 Å². The van der Waals surface area contributed by atoms with Gasteiger partial charge in [0.05, 0.1) is 0 Å². The molecule has 0 heterocycles. The predicted octanol–water partition coefficient (Wildman–Crippen LogP) is 9.61. The van der Waals surface area contributed by atoms with Crippen LogP contribution in [0.1, 0.15) is 0 Å². The van der Waals surface area contributed by atoms with Gasteiger partial charge in [-0.25, -0.2) is 21.3 Å². The quantitative estimate of drug-likeness (QED) is 0.0718. The summed E-state index contributed by atoms with van der Waals surface area (Å²) < 4.78 is 10.7. The van der Waals surface area contributed by atoms with Crippen molar-refractivity contribution in [3.8, 4) is 78.3 Å². The highest BCUT2D eigenvalue weighted by molar-refractivity contribution is 6.15. The lowest BCUT2D eigenvalue weighted by atomic mass is 9.74. The summed E-state index contributed by atoms with van der Waals surface area (Å²) in [6.45, 7) is 0. The number of rotatable bonds is 8. The number of carbonyl (C=O) groups is 2. The predicted molar refractivity (Wildman–Crippen MR) is 206 cm³/mol. The van der Waals surface area contributed by atoms with Gasteiger partial charge in [0.25, 0.3) is 0 Å². The van der Waals surface area contributed by atoms with E-state index in [0.717, 1.165) is 66.8 Å². The zero-order chi connectivity index (χ0) is 35.9. The molecule has 7 aromatic rings. The van der Waals surface area contributed by atoms with E-state index in [9.17, 15) is 9.59 Å². The Morgan fingerprint density at radius 1 is 0.327 bits per heavy atom. The molecule has 0 aromatic heterocycles. The summed E-state index contributed by atoms with van der Waals surface area (Å²) in [5, 5.41) is 0. The van der Waals surface area contributed by atoms with Crippen molar-refractivity contribution >= 4 is 12.2 Å². The zero-order valence-electron chi connectivity index (χ0n) is 28.0. The molecule has 254 valence electrons. The van der Waals surface area contributed by atoms with Gasteiger partial charge in [-0.3, -0.25) is 10.9 Å². The van der Waals surface area contributed by atoms with Gasteiger partial charge in [-0.2, -0.15) is 0 Å². The number of hydrazine groups is 2. The summed E-state index contributed by atoms with van der Waals surface area (Å²) in [4.78, 5) is 24.0. The van der Waals surface area contributed by atoms with Crippen LogP contribution in [0.3, 0.4) is 0 Å². The molecule has 0 radical (unpaired) electrons. The van der Waals surface area contributed by atoms with E-state index in [2.05, 4.69) is 48.5 Å². The molecule has 0 saturated heterocycles. The molecular weight excluding hydrogens is 649 g/mol. The van der Waals surface area contributed by atoms with Crippen LogP contribution in [0.15, 0.2) is 170 Å². The largest absolute Gasteiger partial charge is 0.426 e. The lowest BCUT2D eigenvalue weighted by molar-refractivity contribution is 0.199. The van der Waals surface area contributed by atoms with Gasteiger partial charge in [0.1, 0.15) is 11.5 Å². The third-order valence-corrected chi connectivity index (χ3v) is 8.69. The Bertz CT molecular complexity index is 2040. The highest BCUT2D eigenvalue weighted by atomic mass is 16.6. The molecule has 0 aliphatic heterocycles. The zero-order valence-corrected chi connectivity index (χ0v) is 28.0. The van der Waals surface area contributed by atoms with Crippen molar-refractivity contribution < 1.29 is 19.1 Å². The van der Waals surface area contributed by atoms with Crippen molar-refractivity contribution in [3.05, 3.63) is 170 Å². The molecule has 0 spiro atoms. The Balaban J connectivity index is 1.68. The van der Waals surface area contributed by atoms with Gasteiger partial charge in [0.15, 0.2) is 0 Å². The Hall–Kier alpha value is -7.00. The van der Waals surface area contributed by atoms with Gasteiger partial charge in [-0.05, 0) is 91.0 Å². The number of amides is 2. The summed E-state index contributed by atoms with van der Waals surface area (Å²) in [5.74, 6) is 11.3. The molecule has 8 nitrogen and oxygen atoms in total. The average Bonchev–Trinajstić information content (AvgIpc) is 3.21. The summed E-state index contributed by atoms with van der Waals surface area (Å²) in [7, 11) is 0. The molecule has 0 aliphatic rings. The van der Waals surface area contributed by atoms with Crippen molar-refractivity contribution in [2.24, 2.45) is 11.7 Å². The first-order valence-corrected chi connectivity index (χ1v) is 16.6. The van der Waals surface area contributed by atoms with E-state index < -0.39 is 12.2 Å². The minimum atomic E-state index is -0.759. The lowest BCUT2D eigenvalue weighted by Crippen LogP contribution is -2.32. The Labute approximate surface area is 301 Å². The molecule has 0 fully saturated rings. The number of benzene rings is 7. The van der Waals surface area contributed by atoms with E-state index >= 15 is 0 Å². The second-order valence-corrected chi connectivity index (χ2v) is 11.8. The molecule has 0 unspecified atom stereocenters. The molecule has 7 rings (SSSR count). The monoisotopic (exact) mass is 682 g/mol. The van der Waals surface area contributed by atoms with E-state index in [-0.39, 0.29) is 0 Å². The Morgan fingerprint density at radius 3 is 0.750 bits per heavy atom. The van der Waals surface area contributed by atoms with Crippen LogP contribution in [0, 0.1) is 0 Å². The Morgan fingerprint density at radius 2 is 0.538 bits per heavy atom. The number of hydrogen-bond acceptors (Lipinski definition) is 6. The van der Waals surface area contributed by atoms with Crippen molar-refractivity contribution in [3.63, 3.8) is 0 Å². The maximum Gasteiger partial charge on any atom is 0.426 e. The fourth-order valence-corrected chi connectivity index (χ4v) is 6.55. The van der Waals surface area contributed by atoms with Crippen molar-refractivity contribution in [1.29, 1.82) is 0 Å². The van der Waals surface area contributed by atoms with E-state index in [0.29, 0.717) is 11.5 Å². The summed E-state index contributed by atoms with van der Waals surface area (Å²) in [5.41, 5.74) is 15.9. The van der Waals surface area contributed by atoms with E-state index in [1.54, 1.807) is 24.3 Å². The van der Waals surface area contributed by atoms with Crippen LogP contribution in [0.5, 0.6) is 11.5 Å². The highest BCUT2D eigenvalue weighted by Gasteiger charge is 2.29. The van der Waals surface area contributed by atoms with Gasteiger partial charge >= 0.3 is 12.2 Å². The Kier molecular flexibility index (Phi) is 9.83. The van der Waals surface area contributed by atoms with Crippen LogP contribution in [0.2, 0.25) is 0 Å². The van der Waals surface area contributed by atoms with Gasteiger partial charge in [-0.1, -0.05) is 146 Å². The highest BCUT2D eigenvalue weighted by Crippen LogP contribution is 2.55. The number of nitrogens with one attached hydrogen (secondary N) is 2. The summed E-state index contributed by atoms with van der Waals surface area (Å²) in [6.07, 6.45) is -1.52. The normalized spacial score (nSPS) is 10.7. The maximum atomic E-state index is 12.0. The summed E-state index contributed by atoms with van der Waals surface area (Å²) >= 11 is 0. The van der Waals surface area contributed by atoms with E-state index in [1.165, 1.54) is 0 Å².